The summed E-state index contributed by atoms with van der Waals surface area (Å²) < 4.78 is 0. The molecule has 1 amide bonds. The number of fused-ring (bicyclic) bond motifs is 1. The van der Waals surface area contributed by atoms with Gasteiger partial charge in [0.2, 0.25) is 0 Å². The van der Waals surface area contributed by atoms with Crippen molar-refractivity contribution in [2.24, 2.45) is 5.73 Å². The third-order valence-corrected chi connectivity index (χ3v) is 5.05. The number of H-pyrrole nitrogens is 1. The third kappa shape index (κ3) is 2.67. The number of carbonyl (C=O) groups excluding carboxylic acids is 1. The Morgan fingerprint density at radius 3 is 2.65 bits per heavy atom. The Hall–Kier alpha value is -2.08. The van der Waals surface area contributed by atoms with E-state index >= 15 is 0 Å². The molecule has 1 aromatic heterocycles. The van der Waals surface area contributed by atoms with Crippen molar-refractivity contribution >= 4 is 22.6 Å². The molecule has 0 aliphatic carbocycles. The summed E-state index contributed by atoms with van der Waals surface area (Å²) in [4.78, 5) is 22.4. The van der Waals surface area contributed by atoms with Gasteiger partial charge in [-0.05, 0) is 50.9 Å². The predicted molar refractivity (Wildman–Crippen MR) is 90.9 cm³/mol. The zero-order chi connectivity index (χ0) is 15.8. The molecule has 0 unspecified atom stereocenters. The minimum Gasteiger partial charge on any atom is -0.371 e. The Morgan fingerprint density at radius 2 is 1.96 bits per heavy atom. The lowest BCUT2D eigenvalue weighted by Gasteiger charge is -2.20. The lowest BCUT2D eigenvalue weighted by Crippen LogP contribution is -2.27. The monoisotopic (exact) mass is 313 g/mol. The Morgan fingerprint density at radius 1 is 1.22 bits per heavy atom. The Bertz CT molecular complexity index is 726. The van der Waals surface area contributed by atoms with Crippen LogP contribution in [-0.4, -0.2) is 42.1 Å². The number of nitrogens with one attached hydrogen (secondary N) is 2. The van der Waals surface area contributed by atoms with Crippen LogP contribution in [0.3, 0.4) is 0 Å². The van der Waals surface area contributed by atoms with Gasteiger partial charge in [-0.15, -0.1) is 0 Å². The first-order chi connectivity index (χ1) is 11.2. The van der Waals surface area contributed by atoms with E-state index in [4.69, 9.17) is 10.7 Å². The summed E-state index contributed by atoms with van der Waals surface area (Å²) >= 11 is 0. The van der Waals surface area contributed by atoms with Crippen molar-refractivity contribution < 1.29 is 4.79 Å². The number of primary amides is 1. The summed E-state index contributed by atoms with van der Waals surface area (Å²) in [5.74, 6) is 1.02. The van der Waals surface area contributed by atoms with Crippen LogP contribution in [0.1, 0.15) is 47.8 Å². The molecular weight excluding hydrogens is 290 g/mol. The van der Waals surface area contributed by atoms with Gasteiger partial charge >= 0.3 is 0 Å². The van der Waals surface area contributed by atoms with Crippen LogP contribution >= 0.6 is 0 Å². The molecule has 23 heavy (non-hydrogen) atoms. The number of aromatic nitrogens is 2. The van der Waals surface area contributed by atoms with Crippen molar-refractivity contribution in [1.29, 1.82) is 0 Å². The average molecular weight is 313 g/mol. The van der Waals surface area contributed by atoms with Gasteiger partial charge in [0.25, 0.3) is 5.91 Å². The van der Waals surface area contributed by atoms with E-state index < -0.39 is 5.91 Å². The maximum absolute atomic E-state index is 11.9. The Balaban J connectivity index is 1.78. The second-order valence-corrected chi connectivity index (χ2v) is 6.59. The van der Waals surface area contributed by atoms with E-state index in [0.29, 0.717) is 17.0 Å². The number of amides is 1. The van der Waals surface area contributed by atoms with Crippen LogP contribution in [-0.2, 0) is 0 Å². The number of carbonyl (C=O) groups is 1. The number of nitrogens with two attached hydrogens (primary N) is 1. The minimum atomic E-state index is -0.403. The fourth-order valence-corrected chi connectivity index (χ4v) is 3.76. The molecule has 0 bridgehead atoms. The second kappa shape index (κ2) is 5.85. The molecule has 0 atom stereocenters. The van der Waals surface area contributed by atoms with Gasteiger partial charge in [-0.2, -0.15) is 0 Å². The lowest BCUT2D eigenvalue weighted by molar-refractivity contribution is 0.100. The number of nitrogens with zero attached hydrogens (tertiary/aromatic N) is 2. The van der Waals surface area contributed by atoms with Crippen LogP contribution in [0.15, 0.2) is 12.1 Å². The fraction of sp³-hybridized carbons (Fsp3) is 0.529. The first-order valence-corrected chi connectivity index (χ1v) is 8.51. The van der Waals surface area contributed by atoms with Gasteiger partial charge < -0.3 is 20.9 Å². The fourth-order valence-electron chi connectivity index (χ4n) is 3.76. The van der Waals surface area contributed by atoms with E-state index in [9.17, 15) is 4.79 Å². The molecule has 0 spiro atoms. The van der Waals surface area contributed by atoms with Gasteiger partial charge in [0.15, 0.2) is 0 Å². The first-order valence-electron chi connectivity index (χ1n) is 8.51. The zero-order valence-corrected chi connectivity index (χ0v) is 13.3. The summed E-state index contributed by atoms with van der Waals surface area (Å²) in [5.41, 5.74) is 8.86. The second-order valence-electron chi connectivity index (χ2n) is 6.59. The molecular formula is C17H23N5O. The predicted octanol–water partition coefficient (Wildman–Crippen LogP) is 1.73. The normalized spacial score (nSPS) is 19.6. The van der Waals surface area contributed by atoms with Crippen molar-refractivity contribution in [1.82, 2.24) is 15.3 Å². The molecule has 2 aliphatic rings. The van der Waals surface area contributed by atoms with Crippen LogP contribution in [0.25, 0.3) is 11.0 Å². The topological polar surface area (TPSA) is 87.0 Å². The maximum atomic E-state index is 11.9. The molecule has 6 heteroatoms. The maximum Gasteiger partial charge on any atom is 0.251 e. The molecule has 122 valence electrons. The minimum absolute atomic E-state index is 0.403. The van der Waals surface area contributed by atoms with Gasteiger partial charge in [0.1, 0.15) is 11.3 Å². The van der Waals surface area contributed by atoms with Crippen LogP contribution in [0.4, 0.5) is 5.69 Å². The number of rotatable bonds is 3. The number of hydrogen-bond acceptors (Lipinski definition) is 4. The average Bonchev–Trinajstić information content (AvgIpc) is 3.23. The molecule has 6 nitrogen and oxygen atoms in total. The van der Waals surface area contributed by atoms with Crippen molar-refractivity contribution in [2.75, 3.05) is 31.1 Å². The van der Waals surface area contributed by atoms with E-state index in [0.717, 1.165) is 56.0 Å². The molecule has 0 radical (unpaired) electrons. The highest BCUT2D eigenvalue weighted by molar-refractivity contribution is 6.05. The largest absolute Gasteiger partial charge is 0.371 e. The van der Waals surface area contributed by atoms with Gasteiger partial charge in [-0.3, -0.25) is 4.79 Å². The smallest absolute Gasteiger partial charge is 0.251 e. The number of aromatic amines is 1. The van der Waals surface area contributed by atoms with Gasteiger partial charge in [-0.25, -0.2) is 4.98 Å². The van der Waals surface area contributed by atoms with Gasteiger partial charge in [0, 0.05) is 24.7 Å². The molecule has 0 saturated carbocycles. The number of piperidine rings is 1. The van der Waals surface area contributed by atoms with E-state index in [1.165, 1.54) is 12.8 Å². The molecule has 2 fully saturated rings. The van der Waals surface area contributed by atoms with Gasteiger partial charge in [0.05, 0.1) is 11.1 Å². The Kier molecular flexibility index (Phi) is 3.69. The Labute approximate surface area is 135 Å². The highest BCUT2D eigenvalue weighted by Crippen LogP contribution is 2.30. The summed E-state index contributed by atoms with van der Waals surface area (Å²) in [6.45, 7) is 4.12. The lowest BCUT2D eigenvalue weighted by atomic mass is 9.98. The van der Waals surface area contributed by atoms with Crippen molar-refractivity contribution in [3.05, 3.63) is 23.5 Å². The van der Waals surface area contributed by atoms with Crippen molar-refractivity contribution in [3.8, 4) is 0 Å². The van der Waals surface area contributed by atoms with Crippen molar-refractivity contribution in [2.45, 2.75) is 31.6 Å². The van der Waals surface area contributed by atoms with E-state index in [1.54, 1.807) is 0 Å². The summed E-state index contributed by atoms with van der Waals surface area (Å²) in [6, 6.07) is 4.02. The van der Waals surface area contributed by atoms with Crippen LogP contribution in [0, 0.1) is 0 Å². The molecule has 1 aromatic carbocycles. The summed E-state index contributed by atoms with van der Waals surface area (Å²) in [5, 5.41) is 3.37. The molecule has 4 N–H and O–H groups in total. The highest BCUT2D eigenvalue weighted by atomic mass is 16.1. The summed E-state index contributed by atoms with van der Waals surface area (Å²) in [7, 11) is 0. The SMILES string of the molecule is NC(=O)c1cc(N2CCCC2)cc2[nH]c(C3CCNCC3)nc12. The van der Waals surface area contributed by atoms with E-state index in [-0.39, 0.29) is 0 Å². The van der Waals surface area contributed by atoms with Gasteiger partial charge in [-0.1, -0.05) is 0 Å². The van der Waals surface area contributed by atoms with E-state index in [1.807, 2.05) is 6.07 Å². The number of imidazole rings is 1. The molecule has 3 heterocycles. The quantitative estimate of drug-likeness (QED) is 0.805. The standard InChI is InChI=1S/C17H23N5O/c18-16(23)13-9-12(22-7-1-2-8-22)10-14-15(13)21-17(20-14)11-3-5-19-6-4-11/h9-11,19H,1-8H2,(H2,18,23)(H,20,21). The summed E-state index contributed by atoms with van der Waals surface area (Å²) in [6.07, 6.45) is 4.55. The highest BCUT2D eigenvalue weighted by Gasteiger charge is 2.22. The number of hydrogen-bond donors (Lipinski definition) is 3. The first kappa shape index (κ1) is 14.5. The van der Waals surface area contributed by atoms with Crippen LogP contribution < -0.4 is 16.0 Å². The molecule has 4 rings (SSSR count). The van der Waals surface area contributed by atoms with Crippen LogP contribution in [0.2, 0.25) is 0 Å². The number of anilines is 1. The van der Waals surface area contributed by atoms with Crippen LogP contribution in [0.5, 0.6) is 0 Å². The molecule has 2 saturated heterocycles. The molecule has 2 aliphatic heterocycles. The zero-order valence-electron chi connectivity index (χ0n) is 13.3. The number of benzene rings is 1. The van der Waals surface area contributed by atoms with Crippen molar-refractivity contribution in [3.63, 3.8) is 0 Å². The van der Waals surface area contributed by atoms with E-state index in [2.05, 4.69) is 21.3 Å². The molecule has 2 aromatic rings. The third-order valence-electron chi connectivity index (χ3n) is 5.05.